The number of aryl methyl sites for hydroxylation is 2. The van der Waals surface area contributed by atoms with Crippen LogP contribution in [-0.4, -0.2) is 38.4 Å². The third kappa shape index (κ3) is 3.91. The number of hydrogen-bond acceptors (Lipinski definition) is 5. The number of anilines is 2. The quantitative estimate of drug-likeness (QED) is 0.545. The SMILES string of the molecule is Cn1cc(N)cc1C(=O)NCCC(=O)Nc1cn(C)c(C(N)=O)n1. The van der Waals surface area contributed by atoms with Crippen LogP contribution in [0.5, 0.6) is 0 Å². The number of amides is 3. The van der Waals surface area contributed by atoms with E-state index in [1.165, 1.54) is 10.8 Å². The number of nitrogens with two attached hydrogens (primary N) is 2. The van der Waals surface area contributed by atoms with Crippen molar-refractivity contribution >= 4 is 29.2 Å². The lowest BCUT2D eigenvalue weighted by Crippen LogP contribution is -2.29. The number of rotatable bonds is 6. The standard InChI is InChI=1S/C14H19N7O3/c1-20-6-8(15)5-9(20)14(24)17-4-3-11(22)18-10-7-21(2)13(19-10)12(16)23/h5-7H,3-4,15H2,1-2H3,(H2,16,23)(H,17,24)(H,18,22). The molecule has 128 valence electrons. The molecule has 0 atom stereocenters. The molecule has 10 heteroatoms. The molecular formula is C14H19N7O3. The fraction of sp³-hybridized carbons (Fsp3) is 0.286. The molecule has 0 aliphatic rings. The Kier molecular flexibility index (Phi) is 4.87. The van der Waals surface area contributed by atoms with Gasteiger partial charge in [-0.25, -0.2) is 4.98 Å². The molecule has 0 aromatic carbocycles. The Morgan fingerprint density at radius 1 is 1.21 bits per heavy atom. The molecule has 6 N–H and O–H groups in total. The summed E-state index contributed by atoms with van der Waals surface area (Å²) in [6.07, 6.45) is 3.15. The Morgan fingerprint density at radius 3 is 2.46 bits per heavy atom. The molecule has 2 aromatic rings. The first kappa shape index (κ1) is 17.1. The lowest BCUT2D eigenvalue weighted by molar-refractivity contribution is -0.116. The minimum Gasteiger partial charge on any atom is -0.397 e. The van der Waals surface area contributed by atoms with Crippen molar-refractivity contribution in [1.29, 1.82) is 0 Å². The number of nitrogens with one attached hydrogen (secondary N) is 2. The molecule has 3 amide bonds. The van der Waals surface area contributed by atoms with Crippen molar-refractivity contribution in [2.24, 2.45) is 19.8 Å². The van der Waals surface area contributed by atoms with Crippen LogP contribution in [0.25, 0.3) is 0 Å². The third-order valence-electron chi connectivity index (χ3n) is 3.26. The van der Waals surface area contributed by atoms with Crippen LogP contribution >= 0.6 is 0 Å². The van der Waals surface area contributed by atoms with Crippen molar-refractivity contribution in [1.82, 2.24) is 19.4 Å². The number of primary amides is 1. The molecule has 0 aliphatic heterocycles. The summed E-state index contributed by atoms with van der Waals surface area (Å²) in [6.45, 7) is 0.144. The maximum absolute atomic E-state index is 12.0. The summed E-state index contributed by atoms with van der Waals surface area (Å²) < 4.78 is 3.02. The van der Waals surface area contributed by atoms with E-state index in [1.807, 2.05) is 0 Å². The number of aromatic nitrogens is 3. The minimum absolute atomic E-state index is 0.0416. The molecule has 0 fully saturated rings. The van der Waals surface area contributed by atoms with Gasteiger partial charge in [0.2, 0.25) is 11.7 Å². The molecule has 24 heavy (non-hydrogen) atoms. The normalized spacial score (nSPS) is 10.4. The molecule has 10 nitrogen and oxygen atoms in total. The Hall–Kier alpha value is -3.30. The van der Waals surface area contributed by atoms with Crippen molar-refractivity contribution in [3.63, 3.8) is 0 Å². The van der Waals surface area contributed by atoms with Gasteiger partial charge in [-0.2, -0.15) is 0 Å². The van der Waals surface area contributed by atoms with E-state index in [2.05, 4.69) is 15.6 Å². The first-order valence-electron chi connectivity index (χ1n) is 7.11. The number of nitrogens with zero attached hydrogens (tertiary/aromatic N) is 3. The first-order chi connectivity index (χ1) is 11.3. The van der Waals surface area contributed by atoms with Gasteiger partial charge in [-0.05, 0) is 6.07 Å². The lowest BCUT2D eigenvalue weighted by Gasteiger charge is -2.06. The second-order valence-electron chi connectivity index (χ2n) is 5.25. The average molecular weight is 333 g/mol. The van der Waals surface area contributed by atoms with Crippen molar-refractivity contribution < 1.29 is 14.4 Å². The fourth-order valence-corrected chi connectivity index (χ4v) is 2.16. The molecule has 2 aromatic heterocycles. The monoisotopic (exact) mass is 333 g/mol. The summed E-state index contributed by atoms with van der Waals surface area (Å²) in [7, 11) is 3.30. The van der Waals surface area contributed by atoms with Gasteiger partial charge in [-0.3, -0.25) is 14.4 Å². The number of carbonyl (C=O) groups excluding carboxylic acids is 3. The smallest absolute Gasteiger partial charge is 0.284 e. The van der Waals surface area contributed by atoms with Crippen molar-refractivity contribution in [2.45, 2.75) is 6.42 Å². The summed E-state index contributed by atoms with van der Waals surface area (Å²) in [6, 6.07) is 1.55. The number of nitrogen functional groups attached to an aromatic ring is 1. The second-order valence-corrected chi connectivity index (χ2v) is 5.25. The van der Waals surface area contributed by atoms with E-state index in [1.54, 1.807) is 30.9 Å². The topological polar surface area (TPSA) is 150 Å². The summed E-state index contributed by atoms with van der Waals surface area (Å²) in [4.78, 5) is 38.8. The van der Waals surface area contributed by atoms with Crippen LogP contribution in [0.1, 0.15) is 27.5 Å². The summed E-state index contributed by atoms with van der Waals surface area (Å²) in [5, 5.41) is 5.16. The van der Waals surface area contributed by atoms with Crippen LogP contribution in [0.15, 0.2) is 18.5 Å². The maximum atomic E-state index is 12.0. The molecular weight excluding hydrogens is 314 g/mol. The summed E-state index contributed by atoms with van der Waals surface area (Å²) >= 11 is 0. The zero-order chi connectivity index (χ0) is 17.9. The highest BCUT2D eigenvalue weighted by Gasteiger charge is 2.13. The van der Waals surface area contributed by atoms with Gasteiger partial charge >= 0.3 is 0 Å². The zero-order valence-corrected chi connectivity index (χ0v) is 13.4. The van der Waals surface area contributed by atoms with Crippen LogP contribution in [0, 0.1) is 0 Å². The highest BCUT2D eigenvalue weighted by molar-refractivity contribution is 5.95. The number of carbonyl (C=O) groups is 3. The van der Waals surface area contributed by atoms with Crippen LogP contribution in [0.4, 0.5) is 11.5 Å². The highest BCUT2D eigenvalue weighted by atomic mass is 16.2. The predicted molar refractivity (Wildman–Crippen MR) is 87.1 cm³/mol. The van der Waals surface area contributed by atoms with Crippen LogP contribution in [-0.2, 0) is 18.9 Å². The van der Waals surface area contributed by atoms with Crippen LogP contribution in [0.3, 0.4) is 0 Å². The maximum Gasteiger partial charge on any atom is 0.284 e. The van der Waals surface area contributed by atoms with Gasteiger partial charge in [0.25, 0.3) is 11.8 Å². The van der Waals surface area contributed by atoms with E-state index in [0.29, 0.717) is 11.4 Å². The third-order valence-corrected chi connectivity index (χ3v) is 3.26. The Bertz CT molecular complexity index is 790. The average Bonchev–Trinajstić information content (AvgIpc) is 3.01. The molecule has 0 saturated carbocycles. The summed E-state index contributed by atoms with van der Waals surface area (Å²) in [5.74, 6) is -1.10. The molecule has 0 spiro atoms. The van der Waals surface area contributed by atoms with Gasteiger partial charge in [-0.15, -0.1) is 0 Å². The van der Waals surface area contributed by atoms with Gasteiger partial charge in [0, 0.05) is 39.5 Å². The largest absolute Gasteiger partial charge is 0.397 e. The van der Waals surface area contributed by atoms with Gasteiger partial charge in [0.05, 0.1) is 5.69 Å². The molecule has 0 saturated heterocycles. The molecule has 0 bridgehead atoms. The van der Waals surface area contributed by atoms with Gasteiger partial charge in [0.1, 0.15) is 5.69 Å². The molecule has 2 heterocycles. The van der Waals surface area contributed by atoms with E-state index in [-0.39, 0.29) is 36.4 Å². The molecule has 2 rings (SSSR count). The Balaban J connectivity index is 1.83. The van der Waals surface area contributed by atoms with E-state index in [0.717, 1.165) is 0 Å². The predicted octanol–water partition coefficient (Wildman–Crippen LogP) is -0.802. The zero-order valence-electron chi connectivity index (χ0n) is 13.4. The van der Waals surface area contributed by atoms with Gasteiger partial charge in [0.15, 0.2) is 5.82 Å². The van der Waals surface area contributed by atoms with E-state index in [4.69, 9.17) is 11.5 Å². The first-order valence-corrected chi connectivity index (χ1v) is 7.11. The fourth-order valence-electron chi connectivity index (χ4n) is 2.16. The van der Waals surface area contributed by atoms with Crippen LogP contribution < -0.4 is 22.1 Å². The van der Waals surface area contributed by atoms with E-state index < -0.39 is 5.91 Å². The number of hydrogen-bond donors (Lipinski definition) is 4. The van der Waals surface area contributed by atoms with Gasteiger partial charge in [-0.1, -0.05) is 0 Å². The number of imidazole rings is 1. The van der Waals surface area contributed by atoms with Crippen molar-refractivity contribution in [3.05, 3.63) is 30.0 Å². The minimum atomic E-state index is -0.688. The van der Waals surface area contributed by atoms with Gasteiger partial charge < -0.3 is 31.2 Å². The molecule has 0 radical (unpaired) electrons. The molecule has 0 unspecified atom stereocenters. The van der Waals surface area contributed by atoms with E-state index >= 15 is 0 Å². The second kappa shape index (κ2) is 6.86. The van der Waals surface area contributed by atoms with Crippen molar-refractivity contribution in [2.75, 3.05) is 17.6 Å². The van der Waals surface area contributed by atoms with Crippen LogP contribution in [0.2, 0.25) is 0 Å². The summed E-state index contributed by atoms with van der Waals surface area (Å²) in [5.41, 5.74) is 11.6. The lowest BCUT2D eigenvalue weighted by atomic mass is 10.3. The Morgan fingerprint density at radius 2 is 1.92 bits per heavy atom. The highest BCUT2D eigenvalue weighted by Crippen LogP contribution is 2.09. The van der Waals surface area contributed by atoms with E-state index in [9.17, 15) is 14.4 Å². The van der Waals surface area contributed by atoms with Crippen molar-refractivity contribution in [3.8, 4) is 0 Å². The molecule has 0 aliphatic carbocycles. The Labute approximate surface area is 137 Å².